The maximum atomic E-state index is 12.8. The molecule has 158 valence electrons. The fourth-order valence-electron chi connectivity index (χ4n) is 3.32. The average molecular weight is 416 g/mol. The van der Waals surface area contributed by atoms with Gasteiger partial charge in [0.15, 0.2) is 0 Å². The van der Waals surface area contributed by atoms with E-state index in [2.05, 4.69) is 4.98 Å². The summed E-state index contributed by atoms with van der Waals surface area (Å²) in [6.07, 6.45) is -0.0932. The van der Waals surface area contributed by atoms with Crippen LogP contribution in [0.5, 0.6) is 5.75 Å². The molecule has 0 spiro atoms. The van der Waals surface area contributed by atoms with Crippen molar-refractivity contribution in [3.63, 3.8) is 0 Å². The molecule has 0 saturated heterocycles. The molecule has 0 bridgehead atoms. The van der Waals surface area contributed by atoms with Crippen molar-refractivity contribution in [3.8, 4) is 5.75 Å². The van der Waals surface area contributed by atoms with Gasteiger partial charge >= 0.3 is 18.9 Å². The van der Waals surface area contributed by atoms with E-state index in [4.69, 9.17) is 9.47 Å². The number of carboxylic acid groups (broad SMARTS) is 1. The Balaban J connectivity index is 0.00000341. The fraction of sp³-hybridized carbons (Fsp3) is 0.348. The molecular weight excluding hydrogens is 391 g/mol. The van der Waals surface area contributed by atoms with Gasteiger partial charge in [0.05, 0.1) is 23.4 Å². The van der Waals surface area contributed by atoms with Crippen LogP contribution in [-0.4, -0.2) is 34.8 Å². The summed E-state index contributed by atoms with van der Waals surface area (Å²) in [5, 5.41) is 11.7. The molecule has 0 aliphatic carbocycles. The first-order chi connectivity index (χ1) is 14.5. The van der Waals surface area contributed by atoms with Crippen LogP contribution in [0.25, 0.3) is 10.9 Å². The van der Waals surface area contributed by atoms with Gasteiger partial charge in [0, 0.05) is 19.4 Å². The minimum absolute atomic E-state index is 0. The van der Waals surface area contributed by atoms with Gasteiger partial charge in [0.25, 0.3) is 5.56 Å². The van der Waals surface area contributed by atoms with Crippen LogP contribution in [0.2, 0.25) is 0 Å². The molecule has 0 saturated carbocycles. The minimum atomic E-state index is -1.22. The van der Waals surface area contributed by atoms with Crippen molar-refractivity contribution in [2.24, 2.45) is 0 Å². The number of carbonyl (C=O) groups is 1. The third kappa shape index (κ3) is 6.20. The molecule has 0 radical (unpaired) electrons. The Morgan fingerprint density at radius 3 is 2.48 bits per heavy atom. The standard InChI is InChI=1S/C23H26N2O5.Li/c1-3-21-24-19-8-6-5-7-18(19)22(26)25(21)13-14-30-17-11-9-16(10-12-17)15-20(23(27)28)29-4-2;/h5-12,20H,3-4,13-15H2,1-2H3,(H,27,28);/q;+1/p-1. The Bertz CT molecular complexity index is 1070. The molecule has 1 aromatic heterocycles. The fourth-order valence-corrected chi connectivity index (χ4v) is 3.32. The normalized spacial score (nSPS) is 11.7. The molecule has 7 nitrogen and oxygen atoms in total. The summed E-state index contributed by atoms with van der Waals surface area (Å²) in [6, 6.07) is 14.5. The molecule has 1 heterocycles. The number of hydrogen-bond acceptors (Lipinski definition) is 6. The predicted molar refractivity (Wildman–Crippen MR) is 111 cm³/mol. The largest absolute Gasteiger partial charge is 1.00 e. The van der Waals surface area contributed by atoms with Crippen molar-refractivity contribution in [1.82, 2.24) is 9.55 Å². The molecule has 0 N–H and O–H groups in total. The van der Waals surface area contributed by atoms with Crippen LogP contribution in [0.3, 0.4) is 0 Å². The van der Waals surface area contributed by atoms with Crippen molar-refractivity contribution in [1.29, 1.82) is 0 Å². The third-order valence-electron chi connectivity index (χ3n) is 4.82. The summed E-state index contributed by atoms with van der Waals surface area (Å²) < 4.78 is 12.6. The average Bonchev–Trinajstić information content (AvgIpc) is 2.75. The Kier molecular flexibility index (Phi) is 9.32. The van der Waals surface area contributed by atoms with Crippen LogP contribution in [0.15, 0.2) is 53.3 Å². The van der Waals surface area contributed by atoms with Crippen LogP contribution in [0.1, 0.15) is 25.2 Å². The van der Waals surface area contributed by atoms with Crippen LogP contribution >= 0.6 is 0 Å². The second-order valence-electron chi connectivity index (χ2n) is 6.82. The van der Waals surface area contributed by atoms with Gasteiger partial charge in [-0.1, -0.05) is 31.2 Å². The molecule has 1 unspecified atom stereocenters. The number of carboxylic acids is 1. The van der Waals surface area contributed by atoms with E-state index in [1.54, 1.807) is 41.8 Å². The molecule has 0 aliphatic heterocycles. The zero-order valence-corrected chi connectivity index (χ0v) is 18.2. The first-order valence-electron chi connectivity index (χ1n) is 10.1. The van der Waals surface area contributed by atoms with E-state index in [9.17, 15) is 14.7 Å². The molecule has 2 aromatic carbocycles. The number of aryl methyl sites for hydroxylation is 1. The molecule has 3 aromatic rings. The SMILES string of the molecule is CCOC(Cc1ccc(OCCn2c(CC)nc3ccccc3c2=O)cc1)C(=O)[O-].[Li+]. The maximum absolute atomic E-state index is 12.8. The molecule has 0 amide bonds. The minimum Gasteiger partial charge on any atom is -0.547 e. The number of rotatable bonds is 10. The van der Waals surface area contributed by atoms with E-state index in [0.717, 1.165) is 11.4 Å². The summed E-state index contributed by atoms with van der Waals surface area (Å²) >= 11 is 0. The zero-order chi connectivity index (χ0) is 21.5. The number of benzene rings is 2. The second-order valence-corrected chi connectivity index (χ2v) is 6.82. The van der Waals surface area contributed by atoms with E-state index in [-0.39, 0.29) is 30.8 Å². The van der Waals surface area contributed by atoms with E-state index in [1.165, 1.54) is 0 Å². The van der Waals surface area contributed by atoms with Gasteiger partial charge in [-0.2, -0.15) is 0 Å². The van der Waals surface area contributed by atoms with E-state index < -0.39 is 12.1 Å². The summed E-state index contributed by atoms with van der Waals surface area (Å²) in [6.45, 7) is 4.72. The second kappa shape index (κ2) is 11.7. The molecule has 8 heteroatoms. The number of aliphatic carboxylic acids is 1. The molecule has 0 aliphatic rings. The first kappa shape index (κ1) is 24.7. The van der Waals surface area contributed by atoms with Crippen molar-refractivity contribution >= 4 is 16.9 Å². The van der Waals surface area contributed by atoms with Crippen molar-refractivity contribution in [3.05, 3.63) is 70.3 Å². The van der Waals surface area contributed by atoms with Crippen molar-refractivity contribution in [2.45, 2.75) is 39.3 Å². The number of fused-ring (bicyclic) bond motifs is 1. The Hall–Kier alpha value is -2.59. The monoisotopic (exact) mass is 416 g/mol. The molecule has 31 heavy (non-hydrogen) atoms. The van der Waals surface area contributed by atoms with Gasteiger partial charge in [-0.25, -0.2) is 4.98 Å². The van der Waals surface area contributed by atoms with Gasteiger partial charge < -0.3 is 19.4 Å². The maximum Gasteiger partial charge on any atom is 1.00 e. The molecule has 1 atom stereocenters. The summed E-state index contributed by atoms with van der Waals surface area (Å²) in [4.78, 5) is 28.5. The van der Waals surface area contributed by atoms with Crippen LogP contribution < -0.4 is 34.3 Å². The Morgan fingerprint density at radius 2 is 1.84 bits per heavy atom. The predicted octanol–water partition coefficient (Wildman–Crippen LogP) is -1.26. The Labute approximate surface area is 193 Å². The third-order valence-corrected chi connectivity index (χ3v) is 4.82. The van der Waals surface area contributed by atoms with Crippen LogP contribution in [0, 0.1) is 0 Å². The van der Waals surface area contributed by atoms with Crippen molar-refractivity contribution < 1.29 is 38.2 Å². The van der Waals surface area contributed by atoms with Gasteiger partial charge in [0.2, 0.25) is 0 Å². The molecular formula is C23H25LiN2O5. The Morgan fingerprint density at radius 1 is 1.13 bits per heavy atom. The van der Waals surface area contributed by atoms with Gasteiger partial charge in [-0.05, 0) is 36.8 Å². The van der Waals surface area contributed by atoms with E-state index in [0.29, 0.717) is 42.8 Å². The quantitative estimate of drug-likeness (QED) is 0.383. The van der Waals surface area contributed by atoms with Gasteiger partial charge in [-0.3, -0.25) is 9.36 Å². The van der Waals surface area contributed by atoms with Crippen LogP contribution in [0.4, 0.5) is 0 Å². The van der Waals surface area contributed by atoms with Crippen LogP contribution in [-0.2, 0) is 28.9 Å². The zero-order valence-electron chi connectivity index (χ0n) is 18.2. The number of ether oxygens (including phenoxy) is 2. The van der Waals surface area contributed by atoms with E-state index in [1.807, 2.05) is 25.1 Å². The summed E-state index contributed by atoms with van der Waals surface area (Å²) in [7, 11) is 0. The molecule has 3 rings (SSSR count). The van der Waals surface area contributed by atoms with Crippen molar-refractivity contribution in [2.75, 3.05) is 13.2 Å². The number of para-hydroxylation sites is 1. The first-order valence-corrected chi connectivity index (χ1v) is 10.1. The smallest absolute Gasteiger partial charge is 0.547 e. The van der Waals surface area contributed by atoms with Gasteiger partial charge in [0.1, 0.15) is 24.3 Å². The molecule has 0 fully saturated rings. The topological polar surface area (TPSA) is 93.5 Å². The summed E-state index contributed by atoms with van der Waals surface area (Å²) in [5.41, 5.74) is 1.45. The van der Waals surface area contributed by atoms with E-state index >= 15 is 0 Å². The number of hydrogen-bond donors (Lipinski definition) is 0. The number of carbonyl (C=O) groups excluding carboxylic acids is 1. The van der Waals surface area contributed by atoms with Gasteiger partial charge in [-0.15, -0.1) is 0 Å². The summed E-state index contributed by atoms with van der Waals surface area (Å²) in [5.74, 6) is 0.139. The number of nitrogens with zero attached hydrogens (tertiary/aromatic N) is 2. The number of aromatic nitrogens is 2.